The van der Waals surface area contributed by atoms with Gasteiger partial charge in [-0.15, -0.1) is 0 Å². The molecule has 0 aromatic heterocycles. The number of nitrogens with one attached hydrogen (secondary N) is 1. The van der Waals surface area contributed by atoms with E-state index < -0.39 is 5.54 Å². The summed E-state index contributed by atoms with van der Waals surface area (Å²) in [4.78, 5) is 12.4. The molecular weight excluding hydrogens is 260 g/mol. The molecule has 0 bridgehead atoms. The van der Waals surface area contributed by atoms with E-state index in [4.69, 9.17) is 5.73 Å². The number of hydrogen-bond acceptors (Lipinski definition) is 2. The first-order valence-electron chi connectivity index (χ1n) is 8.06. The van der Waals surface area contributed by atoms with Crippen molar-refractivity contribution in [1.29, 1.82) is 0 Å². The number of nitrogens with two attached hydrogens (primary N) is 1. The van der Waals surface area contributed by atoms with Gasteiger partial charge >= 0.3 is 0 Å². The van der Waals surface area contributed by atoms with Crippen LogP contribution in [0.2, 0.25) is 0 Å². The van der Waals surface area contributed by atoms with Gasteiger partial charge in [0.25, 0.3) is 0 Å². The van der Waals surface area contributed by atoms with Crippen molar-refractivity contribution in [3.8, 4) is 0 Å². The highest BCUT2D eigenvalue weighted by atomic mass is 16.2. The Balaban J connectivity index is 1.94. The minimum absolute atomic E-state index is 0.0269. The summed E-state index contributed by atoms with van der Waals surface area (Å²) in [5.41, 5.74) is 9.45. The van der Waals surface area contributed by atoms with Gasteiger partial charge in [-0.1, -0.05) is 48.6 Å². The van der Waals surface area contributed by atoms with E-state index in [1.165, 1.54) is 23.1 Å². The van der Waals surface area contributed by atoms with Crippen molar-refractivity contribution in [3.05, 3.63) is 34.9 Å². The normalized spacial score (nSPS) is 19.0. The third kappa shape index (κ3) is 4.31. The number of hydrogen-bond donors (Lipinski definition) is 2. The van der Waals surface area contributed by atoms with Gasteiger partial charge < -0.3 is 11.1 Å². The van der Waals surface area contributed by atoms with Gasteiger partial charge in [0.2, 0.25) is 5.91 Å². The van der Waals surface area contributed by atoms with Gasteiger partial charge in [0.15, 0.2) is 0 Å². The molecule has 3 nitrogen and oxygen atoms in total. The van der Waals surface area contributed by atoms with E-state index in [1.807, 2.05) is 0 Å². The first kappa shape index (κ1) is 16.0. The Bertz CT molecular complexity index is 484. The molecule has 1 aromatic rings. The quantitative estimate of drug-likeness (QED) is 0.895. The van der Waals surface area contributed by atoms with E-state index in [-0.39, 0.29) is 11.9 Å². The molecule has 0 radical (unpaired) electrons. The summed E-state index contributed by atoms with van der Waals surface area (Å²) in [7, 11) is 0. The number of benzene rings is 1. The molecule has 0 aliphatic heterocycles. The van der Waals surface area contributed by atoms with Gasteiger partial charge in [-0.2, -0.15) is 0 Å². The van der Waals surface area contributed by atoms with Gasteiger partial charge in [-0.25, -0.2) is 0 Å². The van der Waals surface area contributed by atoms with E-state index in [0.717, 1.165) is 32.1 Å². The van der Waals surface area contributed by atoms with Gasteiger partial charge in [-0.3, -0.25) is 4.79 Å². The molecule has 0 heterocycles. The Morgan fingerprint density at radius 1 is 1.19 bits per heavy atom. The number of carbonyl (C=O) groups excluding carboxylic acids is 1. The molecule has 0 spiro atoms. The molecule has 1 fully saturated rings. The lowest BCUT2D eigenvalue weighted by Crippen LogP contribution is -2.56. The van der Waals surface area contributed by atoms with Crippen molar-refractivity contribution in [2.45, 2.75) is 70.9 Å². The molecule has 2 rings (SSSR count). The van der Waals surface area contributed by atoms with Crippen LogP contribution in [0.25, 0.3) is 0 Å². The van der Waals surface area contributed by atoms with Crippen LogP contribution in [0.3, 0.4) is 0 Å². The number of rotatable bonds is 4. The second-order valence-corrected chi connectivity index (χ2v) is 6.79. The first-order chi connectivity index (χ1) is 9.89. The largest absolute Gasteiger partial charge is 0.352 e. The smallest absolute Gasteiger partial charge is 0.240 e. The van der Waals surface area contributed by atoms with Crippen LogP contribution in [-0.4, -0.2) is 17.5 Å². The van der Waals surface area contributed by atoms with Crippen LogP contribution in [0.15, 0.2) is 18.2 Å². The minimum atomic E-state index is -0.644. The highest BCUT2D eigenvalue weighted by molar-refractivity contribution is 5.86. The molecule has 1 saturated carbocycles. The topological polar surface area (TPSA) is 55.1 Å². The van der Waals surface area contributed by atoms with Gasteiger partial charge in [-0.05, 0) is 45.6 Å². The fourth-order valence-electron chi connectivity index (χ4n) is 3.37. The summed E-state index contributed by atoms with van der Waals surface area (Å²) < 4.78 is 0. The van der Waals surface area contributed by atoms with Crippen molar-refractivity contribution in [2.24, 2.45) is 5.73 Å². The molecule has 1 amide bonds. The van der Waals surface area contributed by atoms with Gasteiger partial charge in [0.1, 0.15) is 0 Å². The van der Waals surface area contributed by atoms with Crippen LogP contribution in [0, 0.1) is 13.8 Å². The number of amides is 1. The van der Waals surface area contributed by atoms with Crippen molar-refractivity contribution in [2.75, 3.05) is 0 Å². The zero-order valence-corrected chi connectivity index (χ0v) is 13.5. The molecule has 3 heteroatoms. The lowest BCUT2D eigenvalue weighted by atomic mass is 9.81. The van der Waals surface area contributed by atoms with E-state index in [0.29, 0.717) is 0 Å². The Labute approximate surface area is 128 Å². The maximum atomic E-state index is 12.4. The Hall–Kier alpha value is -1.35. The van der Waals surface area contributed by atoms with Gasteiger partial charge in [0, 0.05) is 6.04 Å². The molecule has 1 aromatic carbocycles. The fraction of sp³-hybridized carbons (Fsp3) is 0.611. The molecule has 3 N–H and O–H groups in total. The monoisotopic (exact) mass is 288 g/mol. The van der Waals surface area contributed by atoms with Crippen LogP contribution < -0.4 is 11.1 Å². The Morgan fingerprint density at radius 3 is 2.33 bits per heavy atom. The van der Waals surface area contributed by atoms with Crippen LogP contribution >= 0.6 is 0 Å². The summed E-state index contributed by atoms with van der Waals surface area (Å²) in [6.45, 7) is 6.27. The lowest BCUT2D eigenvalue weighted by molar-refractivity contribution is -0.128. The molecule has 21 heavy (non-hydrogen) atoms. The van der Waals surface area contributed by atoms with Crippen LogP contribution in [0.4, 0.5) is 0 Å². The lowest BCUT2D eigenvalue weighted by Gasteiger charge is -2.33. The fourth-order valence-corrected chi connectivity index (χ4v) is 3.37. The van der Waals surface area contributed by atoms with Crippen molar-refractivity contribution in [3.63, 3.8) is 0 Å². The maximum absolute atomic E-state index is 12.4. The number of carbonyl (C=O) groups is 1. The molecule has 1 unspecified atom stereocenters. The molecule has 0 saturated heterocycles. The molecule has 116 valence electrons. The number of aryl methyl sites for hydroxylation is 2. The molecule has 1 aliphatic rings. The molecule has 1 atom stereocenters. The summed E-state index contributed by atoms with van der Waals surface area (Å²) in [5, 5.41) is 3.11. The third-order valence-corrected chi connectivity index (χ3v) is 4.40. The van der Waals surface area contributed by atoms with Crippen molar-refractivity contribution < 1.29 is 4.79 Å². The van der Waals surface area contributed by atoms with E-state index in [1.54, 1.807) is 0 Å². The second kappa shape index (κ2) is 6.61. The Morgan fingerprint density at radius 2 is 1.76 bits per heavy atom. The Kier molecular flexibility index (Phi) is 5.04. The highest BCUT2D eigenvalue weighted by Crippen LogP contribution is 2.26. The van der Waals surface area contributed by atoms with Crippen LogP contribution in [0.5, 0.6) is 0 Å². The third-order valence-electron chi connectivity index (χ3n) is 4.40. The average Bonchev–Trinajstić information content (AvgIpc) is 2.37. The predicted octanol–water partition coefficient (Wildman–Crippen LogP) is 3.01. The molecule has 1 aliphatic carbocycles. The average molecular weight is 288 g/mol. The summed E-state index contributed by atoms with van der Waals surface area (Å²) in [6, 6.07) is 6.66. The van der Waals surface area contributed by atoms with Gasteiger partial charge in [0.05, 0.1) is 5.54 Å². The SMILES string of the molecule is Cc1cc(C)cc(CC(C)NC(=O)C2(N)CCCCC2)c1. The van der Waals surface area contributed by atoms with E-state index in [9.17, 15) is 4.79 Å². The van der Waals surface area contributed by atoms with E-state index >= 15 is 0 Å². The zero-order chi connectivity index (χ0) is 15.5. The molecular formula is C18H28N2O. The predicted molar refractivity (Wildman–Crippen MR) is 87.2 cm³/mol. The van der Waals surface area contributed by atoms with Crippen LogP contribution in [0.1, 0.15) is 55.7 Å². The summed E-state index contributed by atoms with van der Waals surface area (Å²) in [6.07, 6.45) is 5.81. The highest BCUT2D eigenvalue weighted by Gasteiger charge is 2.35. The second-order valence-electron chi connectivity index (χ2n) is 6.79. The van der Waals surface area contributed by atoms with Crippen LogP contribution in [-0.2, 0) is 11.2 Å². The summed E-state index contributed by atoms with van der Waals surface area (Å²) in [5.74, 6) is 0.0269. The van der Waals surface area contributed by atoms with E-state index in [2.05, 4.69) is 44.3 Å². The zero-order valence-electron chi connectivity index (χ0n) is 13.5. The standard InChI is InChI=1S/C18H28N2O/c1-13-9-14(2)11-16(10-13)12-15(3)20-17(21)18(19)7-5-4-6-8-18/h9-11,15H,4-8,12,19H2,1-3H3,(H,20,21). The first-order valence-corrected chi connectivity index (χ1v) is 8.06. The van der Waals surface area contributed by atoms with Crippen molar-refractivity contribution in [1.82, 2.24) is 5.32 Å². The maximum Gasteiger partial charge on any atom is 0.240 e. The summed E-state index contributed by atoms with van der Waals surface area (Å²) >= 11 is 0. The minimum Gasteiger partial charge on any atom is -0.352 e. The van der Waals surface area contributed by atoms with Crippen molar-refractivity contribution >= 4 is 5.91 Å².